The molecule has 2 fully saturated rings. The van der Waals surface area contributed by atoms with Crippen molar-refractivity contribution in [3.8, 4) is 0 Å². The Balaban J connectivity index is 1.71. The Morgan fingerprint density at radius 2 is 2.32 bits per heavy atom. The van der Waals surface area contributed by atoms with E-state index in [1.54, 1.807) is 7.11 Å². The molecule has 1 atom stereocenters. The van der Waals surface area contributed by atoms with E-state index < -0.39 is 0 Å². The summed E-state index contributed by atoms with van der Waals surface area (Å²) >= 11 is 6.06. The summed E-state index contributed by atoms with van der Waals surface area (Å²) in [6, 6.07) is 7.67. The number of nitrogens with zero attached hydrogens (tertiary/aromatic N) is 1. The molecule has 120 valence electrons. The Kier molecular flexibility index (Phi) is 4.71. The lowest BCUT2D eigenvalue weighted by Crippen LogP contribution is -2.53. The second-order valence-corrected chi connectivity index (χ2v) is 6.67. The molecule has 2 aliphatic rings. The maximum atomic E-state index is 12.9. The van der Waals surface area contributed by atoms with E-state index in [-0.39, 0.29) is 17.4 Å². The summed E-state index contributed by atoms with van der Waals surface area (Å²) in [6.45, 7) is 2.32. The highest BCUT2D eigenvalue weighted by atomic mass is 35.5. The van der Waals surface area contributed by atoms with Crippen molar-refractivity contribution in [2.75, 3.05) is 33.4 Å². The average Bonchev–Trinajstić information content (AvgIpc) is 2.50. The number of ether oxygens (including phenoxy) is 2. The fraction of sp³-hybridized carbons (Fsp3) is 0.588. The molecule has 22 heavy (non-hydrogen) atoms. The molecule has 1 saturated heterocycles. The lowest BCUT2D eigenvalue weighted by atomic mass is 9.68. The molecule has 5 heteroatoms. The van der Waals surface area contributed by atoms with Crippen LogP contribution >= 0.6 is 11.6 Å². The minimum Gasteiger partial charge on any atom is -0.384 e. The highest BCUT2D eigenvalue weighted by molar-refractivity contribution is 6.30. The summed E-state index contributed by atoms with van der Waals surface area (Å²) in [5.41, 5.74) is 0.727. The molecular formula is C17H22ClNO3. The normalized spacial score (nSPS) is 23.9. The zero-order valence-corrected chi connectivity index (χ0v) is 13.6. The predicted molar refractivity (Wildman–Crippen MR) is 84.9 cm³/mol. The first-order valence-corrected chi connectivity index (χ1v) is 8.18. The molecule has 0 spiro atoms. The molecular weight excluding hydrogens is 302 g/mol. The van der Waals surface area contributed by atoms with Gasteiger partial charge in [0.2, 0.25) is 5.91 Å². The van der Waals surface area contributed by atoms with Gasteiger partial charge >= 0.3 is 0 Å². The first kappa shape index (κ1) is 15.8. The van der Waals surface area contributed by atoms with Gasteiger partial charge in [-0.1, -0.05) is 30.2 Å². The van der Waals surface area contributed by atoms with Crippen molar-refractivity contribution >= 4 is 17.5 Å². The molecule has 1 unspecified atom stereocenters. The smallest absolute Gasteiger partial charge is 0.231 e. The van der Waals surface area contributed by atoms with Crippen molar-refractivity contribution in [3.63, 3.8) is 0 Å². The van der Waals surface area contributed by atoms with Crippen LogP contribution in [0.5, 0.6) is 0 Å². The van der Waals surface area contributed by atoms with Crippen LogP contribution < -0.4 is 0 Å². The van der Waals surface area contributed by atoms with Gasteiger partial charge in [-0.05, 0) is 30.5 Å². The Hall–Kier alpha value is -1.10. The van der Waals surface area contributed by atoms with E-state index in [1.165, 1.54) is 0 Å². The molecule has 1 aliphatic carbocycles. The summed E-state index contributed by atoms with van der Waals surface area (Å²) < 4.78 is 11.1. The van der Waals surface area contributed by atoms with Crippen LogP contribution in [0.15, 0.2) is 24.3 Å². The maximum absolute atomic E-state index is 12.9. The van der Waals surface area contributed by atoms with Crippen LogP contribution in [0.4, 0.5) is 0 Å². The van der Waals surface area contributed by atoms with Gasteiger partial charge in [-0.15, -0.1) is 0 Å². The summed E-state index contributed by atoms with van der Waals surface area (Å²) in [6.07, 6.45) is 2.87. The minimum atomic E-state index is -0.301. The van der Waals surface area contributed by atoms with E-state index in [0.717, 1.165) is 24.8 Å². The monoisotopic (exact) mass is 323 g/mol. The van der Waals surface area contributed by atoms with E-state index in [1.807, 2.05) is 29.2 Å². The van der Waals surface area contributed by atoms with E-state index in [4.69, 9.17) is 21.1 Å². The molecule has 0 radical (unpaired) electrons. The fourth-order valence-corrected chi connectivity index (χ4v) is 3.58. The quantitative estimate of drug-likeness (QED) is 0.855. The second kappa shape index (κ2) is 6.57. The largest absolute Gasteiger partial charge is 0.384 e. The van der Waals surface area contributed by atoms with E-state index in [0.29, 0.717) is 31.3 Å². The first-order chi connectivity index (χ1) is 10.6. The van der Waals surface area contributed by atoms with Crippen molar-refractivity contribution in [1.29, 1.82) is 0 Å². The van der Waals surface area contributed by atoms with Crippen LogP contribution in [-0.4, -0.2) is 44.2 Å². The third-order valence-corrected chi connectivity index (χ3v) is 4.99. The Labute approximate surface area is 136 Å². The summed E-state index contributed by atoms with van der Waals surface area (Å²) in [5.74, 6) is 0.218. The van der Waals surface area contributed by atoms with Crippen molar-refractivity contribution in [2.45, 2.75) is 25.4 Å². The number of benzene rings is 1. The van der Waals surface area contributed by atoms with Crippen molar-refractivity contribution < 1.29 is 14.3 Å². The first-order valence-electron chi connectivity index (χ1n) is 7.80. The Morgan fingerprint density at radius 3 is 2.95 bits per heavy atom. The summed E-state index contributed by atoms with van der Waals surface area (Å²) in [5, 5.41) is 0.694. The highest BCUT2D eigenvalue weighted by Gasteiger charge is 2.47. The molecule has 1 saturated carbocycles. The average molecular weight is 324 g/mol. The van der Waals surface area contributed by atoms with Crippen molar-refractivity contribution in [3.05, 3.63) is 34.9 Å². The van der Waals surface area contributed by atoms with Gasteiger partial charge in [-0.2, -0.15) is 0 Å². The number of carbonyl (C=O) groups is 1. The van der Waals surface area contributed by atoms with Crippen LogP contribution in [0.2, 0.25) is 5.02 Å². The van der Waals surface area contributed by atoms with Crippen LogP contribution in [-0.2, 0) is 14.3 Å². The van der Waals surface area contributed by atoms with Gasteiger partial charge < -0.3 is 14.4 Å². The van der Waals surface area contributed by atoms with Crippen molar-refractivity contribution in [2.24, 2.45) is 5.41 Å². The number of rotatable bonds is 4. The summed E-state index contributed by atoms with van der Waals surface area (Å²) in [4.78, 5) is 14.8. The second-order valence-electron chi connectivity index (χ2n) is 6.23. The minimum absolute atomic E-state index is 0.101. The van der Waals surface area contributed by atoms with Gasteiger partial charge in [0.25, 0.3) is 0 Å². The lowest BCUT2D eigenvalue weighted by Gasteiger charge is -2.45. The van der Waals surface area contributed by atoms with E-state index in [2.05, 4.69) is 0 Å². The van der Waals surface area contributed by atoms with Gasteiger partial charge in [-0.25, -0.2) is 0 Å². The number of halogens is 1. The van der Waals surface area contributed by atoms with E-state index >= 15 is 0 Å². The number of hydrogen-bond donors (Lipinski definition) is 0. The standard InChI is InChI=1S/C17H22ClNO3/c1-21-12-17(6-3-7-17)16(20)19-8-9-22-15(11-19)13-4-2-5-14(18)10-13/h2,4-5,10,15H,3,6-9,11-12H2,1H3. The molecule has 1 heterocycles. The molecule has 1 aromatic rings. The van der Waals surface area contributed by atoms with Gasteiger partial charge in [-0.3, -0.25) is 4.79 Å². The number of amides is 1. The molecule has 3 rings (SSSR count). The summed E-state index contributed by atoms with van der Waals surface area (Å²) in [7, 11) is 1.67. The third kappa shape index (κ3) is 3.00. The molecule has 0 aromatic heterocycles. The zero-order chi connectivity index (χ0) is 15.6. The number of methoxy groups -OCH3 is 1. The predicted octanol–water partition coefficient (Wildman–Crippen LogP) is 3.06. The molecule has 4 nitrogen and oxygen atoms in total. The SMILES string of the molecule is COCC1(C(=O)N2CCOC(c3cccc(Cl)c3)C2)CCC1. The molecule has 0 bridgehead atoms. The van der Waals surface area contributed by atoms with Gasteiger partial charge in [0, 0.05) is 18.7 Å². The molecule has 1 aromatic carbocycles. The van der Waals surface area contributed by atoms with E-state index in [9.17, 15) is 4.79 Å². The number of hydrogen-bond acceptors (Lipinski definition) is 3. The van der Waals surface area contributed by atoms with Crippen LogP contribution in [0.3, 0.4) is 0 Å². The Morgan fingerprint density at radius 1 is 1.50 bits per heavy atom. The van der Waals surface area contributed by atoms with Gasteiger partial charge in [0.15, 0.2) is 0 Å². The third-order valence-electron chi connectivity index (χ3n) is 4.76. The fourth-order valence-electron chi connectivity index (χ4n) is 3.38. The molecule has 1 aliphatic heterocycles. The van der Waals surface area contributed by atoms with Gasteiger partial charge in [0.1, 0.15) is 6.10 Å². The van der Waals surface area contributed by atoms with Crippen molar-refractivity contribution in [1.82, 2.24) is 4.90 Å². The lowest BCUT2D eigenvalue weighted by molar-refractivity contribution is -0.159. The number of carbonyl (C=O) groups excluding carboxylic acids is 1. The zero-order valence-electron chi connectivity index (χ0n) is 12.9. The highest BCUT2D eigenvalue weighted by Crippen LogP contribution is 2.43. The maximum Gasteiger partial charge on any atom is 0.231 e. The molecule has 1 amide bonds. The molecule has 0 N–H and O–H groups in total. The number of morpholine rings is 1. The topological polar surface area (TPSA) is 38.8 Å². The van der Waals surface area contributed by atoms with Crippen LogP contribution in [0, 0.1) is 5.41 Å². The van der Waals surface area contributed by atoms with Crippen LogP contribution in [0.1, 0.15) is 30.9 Å². The van der Waals surface area contributed by atoms with Gasteiger partial charge in [0.05, 0.1) is 25.2 Å². The van der Waals surface area contributed by atoms with Crippen LogP contribution in [0.25, 0.3) is 0 Å². The Bertz CT molecular complexity index is 544.